The van der Waals surface area contributed by atoms with Gasteiger partial charge in [0.2, 0.25) is 0 Å². The molecular formula is C9H20O4. The van der Waals surface area contributed by atoms with E-state index in [1.165, 1.54) is 7.11 Å². The van der Waals surface area contributed by atoms with Crippen molar-refractivity contribution in [1.29, 1.82) is 0 Å². The highest BCUT2D eigenvalue weighted by Gasteiger charge is 2.32. The van der Waals surface area contributed by atoms with E-state index >= 15 is 0 Å². The SMILES string of the molecule is CCOC(CCO)(OC)OC(C)C. The van der Waals surface area contributed by atoms with Crippen molar-refractivity contribution in [3.8, 4) is 0 Å². The molecule has 0 aliphatic rings. The molecule has 0 aromatic heterocycles. The molecule has 13 heavy (non-hydrogen) atoms. The van der Waals surface area contributed by atoms with Gasteiger partial charge in [-0.05, 0) is 20.8 Å². The van der Waals surface area contributed by atoms with Gasteiger partial charge in [-0.15, -0.1) is 0 Å². The number of aliphatic hydroxyl groups excluding tert-OH is 1. The monoisotopic (exact) mass is 192 g/mol. The molecule has 4 nitrogen and oxygen atoms in total. The van der Waals surface area contributed by atoms with Crippen LogP contribution in [0.1, 0.15) is 27.2 Å². The molecule has 80 valence electrons. The van der Waals surface area contributed by atoms with Crippen molar-refractivity contribution in [2.45, 2.75) is 39.3 Å². The Morgan fingerprint density at radius 1 is 1.38 bits per heavy atom. The topological polar surface area (TPSA) is 47.9 Å². The summed E-state index contributed by atoms with van der Waals surface area (Å²) in [4.78, 5) is 0. The van der Waals surface area contributed by atoms with Gasteiger partial charge in [-0.2, -0.15) is 0 Å². The molecule has 0 bridgehead atoms. The van der Waals surface area contributed by atoms with Crippen molar-refractivity contribution in [2.75, 3.05) is 20.3 Å². The first kappa shape index (κ1) is 12.8. The first-order valence-electron chi connectivity index (χ1n) is 4.58. The van der Waals surface area contributed by atoms with E-state index < -0.39 is 5.97 Å². The summed E-state index contributed by atoms with van der Waals surface area (Å²) < 4.78 is 15.9. The predicted molar refractivity (Wildman–Crippen MR) is 49.3 cm³/mol. The van der Waals surface area contributed by atoms with Gasteiger partial charge in [0.15, 0.2) is 0 Å². The lowest BCUT2D eigenvalue weighted by atomic mass is 10.3. The number of hydrogen-bond donors (Lipinski definition) is 1. The Kier molecular flexibility index (Phi) is 6.24. The van der Waals surface area contributed by atoms with E-state index in [1.54, 1.807) is 0 Å². The summed E-state index contributed by atoms with van der Waals surface area (Å²) in [6, 6.07) is 0. The van der Waals surface area contributed by atoms with Gasteiger partial charge in [0.05, 0.1) is 19.1 Å². The minimum Gasteiger partial charge on any atom is -0.396 e. The Hall–Kier alpha value is -0.160. The molecule has 1 unspecified atom stereocenters. The molecule has 0 amide bonds. The Balaban J connectivity index is 4.24. The quantitative estimate of drug-likeness (QED) is 0.614. The smallest absolute Gasteiger partial charge is 0.285 e. The fourth-order valence-electron chi connectivity index (χ4n) is 1.09. The lowest BCUT2D eigenvalue weighted by Crippen LogP contribution is -2.41. The van der Waals surface area contributed by atoms with Crippen LogP contribution in [0, 0.1) is 0 Å². The highest BCUT2D eigenvalue weighted by molar-refractivity contribution is 4.58. The highest BCUT2D eigenvalue weighted by Crippen LogP contribution is 2.20. The third-order valence-corrected chi connectivity index (χ3v) is 1.51. The molecule has 0 spiro atoms. The van der Waals surface area contributed by atoms with Crippen molar-refractivity contribution in [3.05, 3.63) is 0 Å². The molecule has 0 saturated heterocycles. The molecule has 1 atom stereocenters. The van der Waals surface area contributed by atoms with Gasteiger partial charge < -0.3 is 19.3 Å². The summed E-state index contributed by atoms with van der Waals surface area (Å²) in [5.41, 5.74) is 0. The van der Waals surface area contributed by atoms with Gasteiger partial charge >= 0.3 is 0 Å². The van der Waals surface area contributed by atoms with Gasteiger partial charge in [0.1, 0.15) is 0 Å². The summed E-state index contributed by atoms with van der Waals surface area (Å²) >= 11 is 0. The second kappa shape index (κ2) is 6.32. The Morgan fingerprint density at radius 2 is 2.00 bits per heavy atom. The van der Waals surface area contributed by atoms with E-state index in [9.17, 15) is 0 Å². The molecule has 0 aliphatic heterocycles. The highest BCUT2D eigenvalue weighted by atomic mass is 16.9. The van der Waals surface area contributed by atoms with Crippen molar-refractivity contribution in [2.24, 2.45) is 0 Å². The molecule has 1 N–H and O–H groups in total. The van der Waals surface area contributed by atoms with E-state index in [2.05, 4.69) is 0 Å². The largest absolute Gasteiger partial charge is 0.396 e. The van der Waals surface area contributed by atoms with Crippen LogP contribution in [0.4, 0.5) is 0 Å². The van der Waals surface area contributed by atoms with Crippen LogP contribution >= 0.6 is 0 Å². The van der Waals surface area contributed by atoms with E-state index in [-0.39, 0.29) is 12.7 Å². The second-order valence-corrected chi connectivity index (χ2v) is 2.96. The maximum atomic E-state index is 8.83. The minimum atomic E-state index is -1.09. The number of ether oxygens (including phenoxy) is 3. The van der Waals surface area contributed by atoms with Crippen LogP contribution in [0.25, 0.3) is 0 Å². The third-order valence-electron chi connectivity index (χ3n) is 1.51. The zero-order valence-corrected chi connectivity index (χ0v) is 8.87. The van der Waals surface area contributed by atoms with Gasteiger partial charge in [-0.1, -0.05) is 0 Å². The molecule has 0 aromatic rings. The minimum absolute atomic E-state index is 0.00181. The molecule has 0 saturated carbocycles. The van der Waals surface area contributed by atoms with E-state index in [0.29, 0.717) is 13.0 Å². The van der Waals surface area contributed by atoms with Crippen LogP contribution < -0.4 is 0 Å². The van der Waals surface area contributed by atoms with Gasteiger partial charge in [0.25, 0.3) is 5.97 Å². The zero-order valence-electron chi connectivity index (χ0n) is 8.87. The van der Waals surface area contributed by atoms with Crippen molar-refractivity contribution in [1.82, 2.24) is 0 Å². The molecule has 0 fully saturated rings. The third kappa shape index (κ3) is 4.57. The summed E-state index contributed by atoms with van der Waals surface area (Å²) in [7, 11) is 1.51. The van der Waals surface area contributed by atoms with E-state index in [4.69, 9.17) is 19.3 Å². The average molecular weight is 192 g/mol. The Bertz CT molecular complexity index is 119. The van der Waals surface area contributed by atoms with Crippen LogP contribution in [0.2, 0.25) is 0 Å². The fourth-order valence-corrected chi connectivity index (χ4v) is 1.09. The first-order chi connectivity index (χ1) is 6.10. The predicted octanol–water partition coefficient (Wildman–Crippen LogP) is 1.13. The summed E-state index contributed by atoms with van der Waals surface area (Å²) in [6.07, 6.45) is 0.313. The van der Waals surface area contributed by atoms with Crippen LogP contribution in [-0.2, 0) is 14.2 Å². The van der Waals surface area contributed by atoms with Gasteiger partial charge in [-0.3, -0.25) is 0 Å². The molecule has 0 heterocycles. The van der Waals surface area contributed by atoms with Gasteiger partial charge in [-0.25, -0.2) is 0 Å². The molecular weight excluding hydrogens is 172 g/mol. The summed E-state index contributed by atoms with van der Waals surface area (Å²) in [5, 5.41) is 8.83. The first-order valence-corrected chi connectivity index (χ1v) is 4.58. The molecule has 0 rings (SSSR count). The van der Waals surface area contributed by atoms with Crippen molar-refractivity contribution < 1.29 is 19.3 Å². The molecule has 4 heteroatoms. The Morgan fingerprint density at radius 3 is 2.31 bits per heavy atom. The molecule has 0 aliphatic carbocycles. The summed E-state index contributed by atoms with van der Waals surface area (Å²) in [5.74, 6) is -1.09. The van der Waals surface area contributed by atoms with Crippen molar-refractivity contribution in [3.63, 3.8) is 0 Å². The normalized spacial score (nSPS) is 16.2. The Labute approximate surface area is 79.8 Å². The molecule has 0 aromatic carbocycles. The maximum absolute atomic E-state index is 8.83. The standard InChI is InChI=1S/C9H20O4/c1-5-12-9(11-4,6-7-10)13-8(2)3/h8,10H,5-7H2,1-4H3. The van der Waals surface area contributed by atoms with Crippen molar-refractivity contribution >= 4 is 0 Å². The summed E-state index contributed by atoms with van der Waals surface area (Å²) in [6.45, 7) is 6.10. The van der Waals surface area contributed by atoms with E-state index in [0.717, 1.165) is 0 Å². The van der Waals surface area contributed by atoms with Crippen LogP contribution in [-0.4, -0.2) is 37.5 Å². The second-order valence-electron chi connectivity index (χ2n) is 2.96. The van der Waals surface area contributed by atoms with Crippen LogP contribution in [0.5, 0.6) is 0 Å². The van der Waals surface area contributed by atoms with Crippen LogP contribution in [0.3, 0.4) is 0 Å². The number of hydrogen-bond acceptors (Lipinski definition) is 4. The van der Waals surface area contributed by atoms with Crippen LogP contribution in [0.15, 0.2) is 0 Å². The van der Waals surface area contributed by atoms with E-state index in [1.807, 2.05) is 20.8 Å². The lowest BCUT2D eigenvalue weighted by Gasteiger charge is -2.32. The number of rotatable bonds is 7. The number of methoxy groups -OCH3 is 1. The van der Waals surface area contributed by atoms with Gasteiger partial charge in [0, 0.05) is 13.7 Å². The number of aliphatic hydroxyl groups is 1. The maximum Gasteiger partial charge on any atom is 0.285 e. The average Bonchev–Trinajstić information content (AvgIpc) is 2.04. The zero-order chi connectivity index (χ0) is 10.3. The molecule has 0 radical (unpaired) electrons. The lowest BCUT2D eigenvalue weighted by molar-refractivity contribution is -0.385. The fraction of sp³-hybridized carbons (Fsp3) is 1.00.